The fourth-order valence-electron chi connectivity index (χ4n) is 4.03. The number of nitrogens with zero attached hydrogens (tertiary/aromatic N) is 2. The molecule has 2 aromatic heterocycles. The normalized spacial score (nSPS) is 18.7. The summed E-state index contributed by atoms with van der Waals surface area (Å²) in [5.74, 6) is -0.124. The molecule has 3 aromatic rings. The van der Waals surface area contributed by atoms with Crippen LogP contribution in [0.1, 0.15) is 67.5 Å². The summed E-state index contributed by atoms with van der Waals surface area (Å²) in [6.07, 6.45) is -0.720. The number of anilines is 1. The summed E-state index contributed by atoms with van der Waals surface area (Å²) >= 11 is 0. The van der Waals surface area contributed by atoms with E-state index in [1.54, 1.807) is 19.9 Å². The molecule has 4 rings (SSSR count). The molecule has 1 aromatic carbocycles. The number of hydrogen-bond acceptors (Lipinski definition) is 7. The summed E-state index contributed by atoms with van der Waals surface area (Å²) in [6, 6.07) is 6.07. The van der Waals surface area contributed by atoms with E-state index in [4.69, 9.17) is 9.15 Å². The number of halogens is 3. The van der Waals surface area contributed by atoms with E-state index in [0.717, 1.165) is 44.1 Å². The van der Waals surface area contributed by atoms with Crippen LogP contribution in [0.4, 0.5) is 18.9 Å². The molecule has 1 aliphatic carbocycles. The number of rotatable bonds is 7. The van der Waals surface area contributed by atoms with Gasteiger partial charge in [-0.15, -0.1) is 0 Å². The van der Waals surface area contributed by atoms with E-state index < -0.39 is 29.1 Å². The van der Waals surface area contributed by atoms with Crippen molar-refractivity contribution >= 4 is 29.0 Å². The van der Waals surface area contributed by atoms with Crippen molar-refractivity contribution in [2.45, 2.75) is 57.2 Å². The molecule has 0 atom stereocenters. The van der Waals surface area contributed by atoms with E-state index in [-0.39, 0.29) is 29.9 Å². The topological polar surface area (TPSA) is 115 Å². The maximum atomic E-state index is 13.0. The Hall–Kier alpha value is -3.47. The molecule has 8 nitrogen and oxygen atoms in total. The molecule has 2 N–H and O–H groups in total. The molecule has 0 radical (unpaired) electrons. The lowest BCUT2D eigenvalue weighted by Crippen LogP contribution is -2.28. The number of ether oxygens (including phenoxy) is 1. The fraction of sp³-hybridized carbons (Fsp3) is 0.440. The number of carbonyl (C=O) groups is 2. The zero-order valence-electron chi connectivity index (χ0n) is 19.8. The van der Waals surface area contributed by atoms with Gasteiger partial charge in [0.15, 0.2) is 11.5 Å². The predicted molar refractivity (Wildman–Crippen MR) is 124 cm³/mol. The van der Waals surface area contributed by atoms with Gasteiger partial charge in [0.1, 0.15) is 35.5 Å². The number of aromatic nitrogens is 2. The van der Waals surface area contributed by atoms with Gasteiger partial charge in [-0.3, -0.25) is 4.79 Å². The standard InChI is InChI=1S/C25H26F3N3O5/c1-24(2,34)13-35-19-10-18-20(36-23(31-18)15-8-6-14(12-32)7-9-15)11-17(19)30-22(33)16-4-3-5-21(29-16)25(26,27)28/h3-5,10-12,14-15,34H,6-9,13H2,1-2H3,(H,30,33). The van der Waals surface area contributed by atoms with Gasteiger partial charge in [-0.05, 0) is 51.7 Å². The van der Waals surface area contributed by atoms with Gasteiger partial charge in [-0.2, -0.15) is 13.2 Å². The molecule has 0 aliphatic heterocycles. The largest absolute Gasteiger partial charge is 0.488 e. The van der Waals surface area contributed by atoms with Crippen LogP contribution in [0.3, 0.4) is 0 Å². The molecule has 0 saturated heterocycles. The van der Waals surface area contributed by atoms with Crippen molar-refractivity contribution in [3.05, 3.63) is 47.6 Å². The number of fused-ring (bicyclic) bond motifs is 1. The molecule has 0 bridgehead atoms. The quantitative estimate of drug-likeness (QED) is 0.429. The number of oxazole rings is 1. The van der Waals surface area contributed by atoms with Crippen LogP contribution in [-0.2, 0) is 11.0 Å². The number of carbonyl (C=O) groups excluding carboxylic acids is 2. The average molecular weight is 505 g/mol. The molecule has 1 saturated carbocycles. The van der Waals surface area contributed by atoms with Crippen molar-refractivity contribution in [1.29, 1.82) is 0 Å². The van der Waals surface area contributed by atoms with E-state index in [2.05, 4.69) is 15.3 Å². The minimum atomic E-state index is -4.70. The smallest absolute Gasteiger partial charge is 0.433 e. The van der Waals surface area contributed by atoms with Gasteiger partial charge in [0, 0.05) is 24.0 Å². The predicted octanol–water partition coefficient (Wildman–Crippen LogP) is 5.12. The molecule has 2 heterocycles. The van der Waals surface area contributed by atoms with E-state index in [1.807, 2.05) is 0 Å². The monoisotopic (exact) mass is 505 g/mol. The highest BCUT2D eigenvalue weighted by molar-refractivity contribution is 6.04. The van der Waals surface area contributed by atoms with Gasteiger partial charge in [-0.25, -0.2) is 9.97 Å². The number of benzene rings is 1. The number of hydrogen-bond donors (Lipinski definition) is 2. The van der Waals surface area contributed by atoms with E-state index in [1.165, 1.54) is 12.1 Å². The molecule has 11 heteroatoms. The highest BCUT2D eigenvalue weighted by Crippen LogP contribution is 2.38. The van der Waals surface area contributed by atoms with Crippen molar-refractivity contribution in [3.8, 4) is 5.75 Å². The molecule has 0 unspecified atom stereocenters. The first kappa shape index (κ1) is 25.6. The summed E-state index contributed by atoms with van der Waals surface area (Å²) in [6.45, 7) is 2.96. The van der Waals surface area contributed by atoms with Crippen LogP contribution in [0.25, 0.3) is 11.1 Å². The summed E-state index contributed by atoms with van der Waals surface area (Å²) in [5.41, 5.74) is -1.86. The lowest BCUT2D eigenvalue weighted by Gasteiger charge is -2.22. The second-order valence-electron chi connectivity index (χ2n) is 9.58. The van der Waals surface area contributed by atoms with Crippen LogP contribution in [0.15, 0.2) is 34.7 Å². The van der Waals surface area contributed by atoms with E-state index >= 15 is 0 Å². The fourth-order valence-corrected chi connectivity index (χ4v) is 4.03. The second kappa shape index (κ2) is 9.88. The van der Waals surface area contributed by atoms with Crippen molar-refractivity contribution < 1.29 is 37.0 Å². The van der Waals surface area contributed by atoms with Crippen molar-refractivity contribution in [2.75, 3.05) is 11.9 Å². The molecule has 1 aliphatic rings. The van der Waals surface area contributed by atoms with Crippen LogP contribution in [0.2, 0.25) is 0 Å². The van der Waals surface area contributed by atoms with Gasteiger partial charge < -0.3 is 24.4 Å². The summed E-state index contributed by atoms with van der Waals surface area (Å²) in [4.78, 5) is 31.8. The Bertz CT molecular complexity index is 1260. The number of alkyl halides is 3. The lowest BCUT2D eigenvalue weighted by atomic mass is 9.83. The molecular formula is C25H26F3N3O5. The zero-order valence-corrected chi connectivity index (χ0v) is 19.8. The molecular weight excluding hydrogens is 479 g/mol. The third-order valence-corrected chi connectivity index (χ3v) is 5.92. The number of amides is 1. The minimum absolute atomic E-state index is 0.0405. The van der Waals surface area contributed by atoms with Gasteiger partial charge in [0.05, 0.1) is 11.3 Å². The SMILES string of the molecule is CC(C)(O)COc1cc2nc(C3CCC(C=O)CC3)oc2cc1NC(=O)c1cccc(C(F)(F)F)n1. The van der Waals surface area contributed by atoms with Crippen molar-refractivity contribution in [2.24, 2.45) is 5.92 Å². The summed E-state index contributed by atoms with van der Waals surface area (Å²) < 4.78 is 50.8. The number of aldehydes is 1. The second-order valence-corrected chi connectivity index (χ2v) is 9.58. The average Bonchev–Trinajstić information content (AvgIpc) is 3.24. The van der Waals surface area contributed by atoms with Crippen LogP contribution in [0, 0.1) is 5.92 Å². The summed E-state index contributed by atoms with van der Waals surface area (Å²) in [7, 11) is 0. The minimum Gasteiger partial charge on any atom is -0.488 e. The first-order valence-corrected chi connectivity index (χ1v) is 11.5. The Morgan fingerprint density at radius 3 is 2.56 bits per heavy atom. The van der Waals surface area contributed by atoms with Crippen molar-refractivity contribution in [1.82, 2.24) is 9.97 Å². The Morgan fingerprint density at radius 2 is 1.92 bits per heavy atom. The molecule has 192 valence electrons. The van der Waals surface area contributed by atoms with Gasteiger partial charge in [0.2, 0.25) is 0 Å². The highest BCUT2D eigenvalue weighted by Gasteiger charge is 2.33. The highest BCUT2D eigenvalue weighted by atomic mass is 19.4. The number of pyridine rings is 1. The summed E-state index contributed by atoms with van der Waals surface area (Å²) in [5, 5.41) is 12.6. The Kier molecular flexibility index (Phi) is 7.03. The van der Waals surface area contributed by atoms with Gasteiger partial charge >= 0.3 is 6.18 Å². The molecule has 1 fully saturated rings. The number of aliphatic hydroxyl groups is 1. The van der Waals surface area contributed by atoms with Crippen LogP contribution >= 0.6 is 0 Å². The van der Waals surface area contributed by atoms with Gasteiger partial charge in [0.25, 0.3) is 5.91 Å². The van der Waals surface area contributed by atoms with Crippen molar-refractivity contribution in [3.63, 3.8) is 0 Å². The molecule has 0 spiro atoms. The van der Waals surface area contributed by atoms with Gasteiger partial charge in [-0.1, -0.05) is 6.07 Å². The molecule has 36 heavy (non-hydrogen) atoms. The first-order valence-electron chi connectivity index (χ1n) is 11.5. The number of nitrogens with one attached hydrogen (secondary N) is 1. The molecule has 1 amide bonds. The van der Waals surface area contributed by atoms with Crippen LogP contribution in [-0.4, -0.2) is 39.5 Å². The Balaban J connectivity index is 1.64. The third-order valence-electron chi connectivity index (χ3n) is 5.92. The van der Waals surface area contributed by atoms with Crippen LogP contribution < -0.4 is 10.1 Å². The van der Waals surface area contributed by atoms with E-state index in [0.29, 0.717) is 17.0 Å². The lowest BCUT2D eigenvalue weighted by molar-refractivity contribution is -0.141. The Labute approximate surface area is 204 Å². The third kappa shape index (κ3) is 6.01. The Morgan fingerprint density at radius 1 is 1.19 bits per heavy atom. The van der Waals surface area contributed by atoms with Crippen LogP contribution in [0.5, 0.6) is 5.75 Å². The first-order chi connectivity index (χ1) is 16.9. The zero-order chi connectivity index (χ0) is 26.1. The van der Waals surface area contributed by atoms with E-state index in [9.17, 15) is 27.9 Å². The maximum Gasteiger partial charge on any atom is 0.433 e. The maximum absolute atomic E-state index is 13.0.